The molecular weight excluding hydrogens is 458 g/mol. The van der Waals surface area contributed by atoms with Gasteiger partial charge in [-0.1, -0.05) is 36.3 Å². The van der Waals surface area contributed by atoms with Crippen molar-refractivity contribution in [3.05, 3.63) is 47.0 Å². The number of rotatable bonds is 5. The fraction of sp³-hybridized carbons (Fsp3) is 0.621. The summed E-state index contributed by atoms with van der Waals surface area (Å²) in [7, 11) is 1.67. The van der Waals surface area contributed by atoms with Gasteiger partial charge >= 0.3 is 5.97 Å². The van der Waals surface area contributed by atoms with Crippen LogP contribution in [-0.4, -0.2) is 53.6 Å². The van der Waals surface area contributed by atoms with Crippen molar-refractivity contribution in [3.63, 3.8) is 0 Å². The quantitative estimate of drug-likeness (QED) is 0.287. The number of aliphatic hydroxyl groups is 1. The fourth-order valence-corrected chi connectivity index (χ4v) is 8.68. The summed E-state index contributed by atoms with van der Waals surface area (Å²) in [5, 5.41) is 15.6. The van der Waals surface area contributed by atoms with Gasteiger partial charge in [0, 0.05) is 31.8 Å². The normalized spacial score (nSPS) is 42.7. The molecule has 5 aliphatic rings. The molecule has 1 aliphatic heterocycles. The highest BCUT2D eigenvalue weighted by atomic mass is 16.7. The van der Waals surface area contributed by atoms with E-state index >= 15 is 0 Å². The van der Waals surface area contributed by atoms with E-state index in [1.165, 1.54) is 24.3 Å². The van der Waals surface area contributed by atoms with Crippen LogP contribution >= 0.6 is 0 Å². The summed E-state index contributed by atoms with van der Waals surface area (Å²) in [6, 6.07) is 8.19. The van der Waals surface area contributed by atoms with Crippen molar-refractivity contribution < 1.29 is 29.0 Å². The van der Waals surface area contributed by atoms with Gasteiger partial charge in [0.25, 0.3) is 0 Å². The van der Waals surface area contributed by atoms with E-state index in [2.05, 4.69) is 24.2 Å². The number of hydrogen-bond acceptors (Lipinski definition) is 7. The summed E-state index contributed by atoms with van der Waals surface area (Å²) in [6.45, 7) is 3.91. The molecule has 1 aromatic rings. The number of methoxy groups -OCH3 is 1. The van der Waals surface area contributed by atoms with Crippen molar-refractivity contribution in [1.82, 2.24) is 0 Å². The number of carbonyl (C=O) groups is 2. The Morgan fingerprint density at radius 3 is 2.69 bits per heavy atom. The predicted molar refractivity (Wildman–Crippen MR) is 132 cm³/mol. The van der Waals surface area contributed by atoms with E-state index in [9.17, 15) is 14.7 Å². The number of ether oxygens (including phenoxy) is 2. The van der Waals surface area contributed by atoms with Crippen LogP contribution in [0.3, 0.4) is 0 Å². The zero-order valence-corrected chi connectivity index (χ0v) is 21.3. The van der Waals surface area contributed by atoms with E-state index in [4.69, 9.17) is 14.3 Å². The van der Waals surface area contributed by atoms with Crippen LogP contribution < -0.4 is 0 Å². The molecule has 0 amide bonds. The Balaban J connectivity index is 1.42. The van der Waals surface area contributed by atoms with Gasteiger partial charge in [-0.25, -0.2) is 4.79 Å². The van der Waals surface area contributed by atoms with Crippen LogP contribution in [0, 0.1) is 17.3 Å². The molecule has 7 nitrogen and oxygen atoms in total. The van der Waals surface area contributed by atoms with Crippen LogP contribution in [0.2, 0.25) is 0 Å². The van der Waals surface area contributed by atoms with Crippen LogP contribution in [0.1, 0.15) is 75.8 Å². The molecule has 0 radical (unpaired) electrons. The van der Waals surface area contributed by atoms with Gasteiger partial charge in [-0.05, 0) is 73.1 Å². The Kier molecular flexibility index (Phi) is 5.38. The Bertz CT molecular complexity index is 1160. The van der Waals surface area contributed by atoms with Gasteiger partial charge in [0.2, 0.25) is 0 Å². The number of benzene rings is 1. The number of epoxide rings is 1. The lowest BCUT2D eigenvalue weighted by Gasteiger charge is -2.56. The third kappa shape index (κ3) is 3.12. The lowest BCUT2D eigenvalue weighted by molar-refractivity contribution is -0.147. The molecule has 6 rings (SSSR count). The van der Waals surface area contributed by atoms with E-state index in [0.29, 0.717) is 24.9 Å². The van der Waals surface area contributed by atoms with Crippen LogP contribution in [0.4, 0.5) is 0 Å². The molecule has 4 aliphatic carbocycles. The summed E-state index contributed by atoms with van der Waals surface area (Å²) in [6.07, 6.45) is 9.07. The minimum Gasteiger partial charge on any atom is -0.387 e. The van der Waals surface area contributed by atoms with Crippen LogP contribution in [-0.2, 0) is 23.9 Å². The molecular formula is C29H35NO6. The van der Waals surface area contributed by atoms with Gasteiger partial charge in [-0.2, -0.15) is 0 Å². The number of oxime groups is 1. The highest BCUT2D eigenvalue weighted by Gasteiger charge is 2.83. The van der Waals surface area contributed by atoms with Crippen molar-refractivity contribution in [3.8, 4) is 0 Å². The van der Waals surface area contributed by atoms with Crippen molar-refractivity contribution in [2.75, 3.05) is 13.7 Å². The molecule has 3 saturated carbocycles. The Hall–Kier alpha value is -2.35. The Morgan fingerprint density at radius 2 is 1.97 bits per heavy atom. The SMILES string of the molecule is COC[C@]1(O)CC[C@H]2[C@@H]3CCC4=CC(=O)CC[C@]45O[C@]35[C@@H](c3ccc(/C=N/OC(C)=O)cc3)C[C@@]21C. The second kappa shape index (κ2) is 8.07. The zero-order chi connectivity index (χ0) is 25.3. The van der Waals surface area contributed by atoms with Gasteiger partial charge < -0.3 is 19.4 Å². The first kappa shape index (κ1) is 24.0. The minimum atomic E-state index is -0.871. The topological polar surface area (TPSA) is 97.7 Å². The lowest BCUT2D eigenvalue weighted by Crippen LogP contribution is -2.60. The average molecular weight is 494 g/mol. The molecule has 0 aromatic heterocycles. The van der Waals surface area contributed by atoms with Crippen molar-refractivity contribution in [2.45, 2.75) is 81.5 Å². The number of ketones is 1. The summed E-state index contributed by atoms with van der Waals surface area (Å²) in [5.41, 5.74) is 1.33. The molecule has 4 fully saturated rings. The molecule has 7 atom stereocenters. The minimum absolute atomic E-state index is 0.0848. The molecule has 0 bridgehead atoms. The Labute approximate surface area is 211 Å². The van der Waals surface area contributed by atoms with E-state index < -0.39 is 11.6 Å². The molecule has 7 heteroatoms. The lowest BCUT2D eigenvalue weighted by atomic mass is 9.46. The van der Waals surface area contributed by atoms with E-state index in [1.54, 1.807) is 7.11 Å². The van der Waals surface area contributed by atoms with Gasteiger partial charge in [-0.3, -0.25) is 4.79 Å². The maximum Gasteiger partial charge on any atom is 0.331 e. The Morgan fingerprint density at radius 1 is 1.19 bits per heavy atom. The first-order valence-corrected chi connectivity index (χ1v) is 13.2. The van der Waals surface area contributed by atoms with Crippen LogP contribution in [0.15, 0.2) is 41.1 Å². The summed E-state index contributed by atoms with van der Waals surface area (Å²) in [5.74, 6) is 0.511. The largest absolute Gasteiger partial charge is 0.387 e. The molecule has 0 unspecified atom stereocenters. The third-order valence-electron chi connectivity index (χ3n) is 10.3. The van der Waals surface area contributed by atoms with E-state index in [-0.39, 0.29) is 28.3 Å². The van der Waals surface area contributed by atoms with E-state index in [1.807, 2.05) is 18.2 Å². The number of fused-ring (bicyclic) bond motifs is 2. The van der Waals surface area contributed by atoms with Crippen molar-refractivity contribution in [2.24, 2.45) is 22.4 Å². The highest BCUT2D eigenvalue weighted by Crippen LogP contribution is 2.79. The number of hydrogen-bond donors (Lipinski definition) is 1. The maximum atomic E-state index is 12.3. The molecule has 192 valence electrons. The smallest absolute Gasteiger partial charge is 0.331 e. The van der Waals surface area contributed by atoms with Crippen molar-refractivity contribution in [1.29, 1.82) is 0 Å². The molecule has 1 N–H and O–H groups in total. The standard InChI is InChI=1S/C29H35NO6/c1-18(31)35-30-16-19-4-6-20(7-5-19)25-15-26(2)23(11-12-27(26,33)17-34-3)24-9-8-21-14-22(32)10-13-28(21)29(24,25)36-28/h4-7,14,16,23-25,33H,8-13,15,17H2,1-3H3/b30-16+/t23-,24-,25+,26-,27+,28-,29-/m0/s1. The average Bonchev–Trinajstić information content (AvgIpc) is 3.45. The summed E-state index contributed by atoms with van der Waals surface area (Å²) < 4.78 is 12.5. The molecule has 1 heterocycles. The third-order valence-corrected chi connectivity index (χ3v) is 10.3. The second-order valence-corrected chi connectivity index (χ2v) is 11.8. The molecule has 1 saturated heterocycles. The number of nitrogens with zero attached hydrogens (tertiary/aromatic N) is 1. The molecule has 36 heavy (non-hydrogen) atoms. The monoisotopic (exact) mass is 493 g/mol. The van der Waals surface area contributed by atoms with Gasteiger partial charge in [0.05, 0.1) is 18.4 Å². The second-order valence-electron chi connectivity index (χ2n) is 11.8. The van der Waals surface area contributed by atoms with Crippen molar-refractivity contribution >= 4 is 18.0 Å². The molecule has 1 aromatic carbocycles. The maximum absolute atomic E-state index is 12.3. The van der Waals surface area contributed by atoms with Gasteiger partial charge in [-0.15, -0.1) is 0 Å². The van der Waals surface area contributed by atoms with Crippen LogP contribution in [0.5, 0.6) is 0 Å². The molecule has 2 spiro atoms. The highest BCUT2D eigenvalue weighted by molar-refractivity contribution is 5.92. The van der Waals surface area contributed by atoms with Gasteiger partial charge in [0.1, 0.15) is 11.2 Å². The van der Waals surface area contributed by atoms with Gasteiger partial charge in [0.15, 0.2) is 5.78 Å². The predicted octanol–water partition coefficient (Wildman–Crippen LogP) is 4.07. The summed E-state index contributed by atoms with van der Waals surface area (Å²) >= 11 is 0. The van der Waals surface area contributed by atoms with Crippen LogP contribution in [0.25, 0.3) is 0 Å². The number of carbonyl (C=O) groups excluding carboxylic acids is 2. The first-order valence-electron chi connectivity index (χ1n) is 13.2. The zero-order valence-electron chi connectivity index (χ0n) is 21.3. The fourth-order valence-electron chi connectivity index (χ4n) is 8.68. The van der Waals surface area contributed by atoms with E-state index in [0.717, 1.165) is 44.1 Å². The first-order chi connectivity index (χ1) is 17.2. The summed E-state index contributed by atoms with van der Waals surface area (Å²) in [4.78, 5) is 28.0.